The van der Waals surface area contributed by atoms with E-state index in [1.807, 2.05) is 0 Å². The minimum atomic E-state index is -1.24. The van der Waals surface area contributed by atoms with Crippen molar-refractivity contribution < 1.29 is 18.5 Å². The quantitative estimate of drug-likeness (QED) is 0.536. The first kappa shape index (κ1) is 14.8. The number of hydrogen-bond acceptors (Lipinski definition) is 4. The van der Waals surface area contributed by atoms with Crippen LogP contribution in [0.25, 0.3) is 0 Å². The lowest BCUT2D eigenvalue weighted by molar-refractivity contribution is -0.385. The molecule has 1 amide bonds. The molecular formula is C12H6ClF2N3O3. The number of benzene rings is 1. The van der Waals surface area contributed by atoms with Gasteiger partial charge in [0.05, 0.1) is 10.6 Å². The van der Waals surface area contributed by atoms with Gasteiger partial charge in [-0.05, 0) is 24.3 Å². The molecule has 0 radical (unpaired) electrons. The third-order valence-corrected chi connectivity index (χ3v) is 2.70. The van der Waals surface area contributed by atoms with Crippen molar-refractivity contribution in [2.24, 2.45) is 0 Å². The van der Waals surface area contributed by atoms with Crippen LogP contribution in [-0.2, 0) is 0 Å². The maximum absolute atomic E-state index is 13.3. The SMILES string of the molecule is O=C(Nc1ccc(F)nc1F)c1cc(Cl)ccc1[N+](=O)[O-]. The largest absolute Gasteiger partial charge is 0.318 e. The fourth-order valence-corrected chi connectivity index (χ4v) is 1.72. The van der Waals surface area contributed by atoms with E-state index in [0.29, 0.717) is 0 Å². The van der Waals surface area contributed by atoms with Crippen LogP contribution < -0.4 is 5.32 Å². The Balaban J connectivity index is 2.36. The maximum atomic E-state index is 13.3. The molecule has 1 heterocycles. The summed E-state index contributed by atoms with van der Waals surface area (Å²) in [7, 11) is 0. The molecule has 0 unspecified atom stereocenters. The van der Waals surface area contributed by atoms with Gasteiger partial charge in [-0.1, -0.05) is 11.6 Å². The molecule has 1 N–H and O–H groups in total. The average molecular weight is 314 g/mol. The topological polar surface area (TPSA) is 85.1 Å². The van der Waals surface area contributed by atoms with E-state index in [4.69, 9.17) is 11.6 Å². The normalized spacial score (nSPS) is 10.2. The molecule has 0 aliphatic rings. The Labute approximate surface area is 121 Å². The fraction of sp³-hybridized carbons (Fsp3) is 0. The molecule has 0 atom stereocenters. The lowest BCUT2D eigenvalue weighted by atomic mass is 10.1. The summed E-state index contributed by atoms with van der Waals surface area (Å²) >= 11 is 5.68. The van der Waals surface area contributed by atoms with Crippen LogP contribution in [0.4, 0.5) is 20.2 Å². The van der Waals surface area contributed by atoms with Gasteiger partial charge >= 0.3 is 0 Å². The van der Waals surface area contributed by atoms with Crippen molar-refractivity contribution in [1.82, 2.24) is 4.98 Å². The molecule has 2 aromatic rings. The summed E-state index contributed by atoms with van der Waals surface area (Å²) in [5.41, 5.74) is -1.25. The molecule has 1 aromatic heterocycles. The first-order valence-corrected chi connectivity index (χ1v) is 5.83. The van der Waals surface area contributed by atoms with Crippen LogP contribution in [0.2, 0.25) is 5.02 Å². The third-order valence-electron chi connectivity index (χ3n) is 2.46. The van der Waals surface area contributed by atoms with E-state index in [0.717, 1.165) is 24.3 Å². The molecule has 0 bridgehead atoms. The standard InChI is InChI=1S/C12H6ClF2N3O3/c13-6-1-3-9(18(20)21)7(5-6)12(19)16-8-2-4-10(14)17-11(8)15/h1-5H,(H,16,19). The predicted octanol–water partition coefficient (Wildman–Crippen LogP) is 3.17. The Morgan fingerprint density at radius 2 is 2.00 bits per heavy atom. The number of carbonyl (C=O) groups excluding carboxylic acids is 1. The fourth-order valence-electron chi connectivity index (χ4n) is 1.54. The zero-order chi connectivity index (χ0) is 15.6. The van der Waals surface area contributed by atoms with Crippen LogP contribution in [0, 0.1) is 22.0 Å². The van der Waals surface area contributed by atoms with Crippen molar-refractivity contribution in [3.05, 3.63) is 62.9 Å². The number of aromatic nitrogens is 1. The van der Waals surface area contributed by atoms with Gasteiger partial charge in [-0.25, -0.2) is 0 Å². The summed E-state index contributed by atoms with van der Waals surface area (Å²) in [4.78, 5) is 24.9. The van der Waals surface area contributed by atoms with Crippen LogP contribution in [0.3, 0.4) is 0 Å². The first-order chi connectivity index (χ1) is 9.88. The summed E-state index contributed by atoms with van der Waals surface area (Å²) in [5.74, 6) is -3.26. The molecule has 0 aliphatic carbocycles. The molecule has 0 saturated carbocycles. The summed E-state index contributed by atoms with van der Waals surface area (Å²) in [5, 5.41) is 13.0. The van der Waals surface area contributed by atoms with E-state index in [-0.39, 0.29) is 10.6 Å². The summed E-state index contributed by atoms with van der Waals surface area (Å²) in [6.07, 6.45) is 0. The number of nitro groups is 1. The number of hydrogen-bond donors (Lipinski definition) is 1. The van der Waals surface area contributed by atoms with Gasteiger partial charge in [0.25, 0.3) is 11.6 Å². The number of halogens is 3. The minimum absolute atomic E-state index is 0.100. The lowest BCUT2D eigenvalue weighted by Gasteiger charge is -2.06. The highest BCUT2D eigenvalue weighted by Crippen LogP contribution is 2.24. The van der Waals surface area contributed by atoms with Gasteiger partial charge in [-0.15, -0.1) is 0 Å². The Kier molecular flexibility index (Phi) is 4.08. The highest BCUT2D eigenvalue weighted by molar-refractivity contribution is 6.31. The van der Waals surface area contributed by atoms with Gasteiger partial charge in [0.15, 0.2) is 0 Å². The van der Waals surface area contributed by atoms with E-state index in [9.17, 15) is 23.7 Å². The van der Waals surface area contributed by atoms with Gasteiger partial charge in [0, 0.05) is 11.1 Å². The first-order valence-electron chi connectivity index (χ1n) is 5.46. The number of amides is 1. The maximum Gasteiger partial charge on any atom is 0.282 e. The molecular weight excluding hydrogens is 308 g/mol. The van der Waals surface area contributed by atoms with Crippen LogP contribution in [0.15, 0.2) is 30.3 Å². The van der Waals surface area contributed by atoms with E-state index in [1.165, 1.54) is 6.07 Å². The molecule has 9 heteroatoms. The smallest absolute Gasteiger partial charge is 0.282 e. The number of nitro benzene ring substituents is 1. The molecule has 1 aromatic carbocycles. The second-order valence-corrected chi connectivity index (χ2v) is 4.28. The molecule has 6 nitrogen and oxygen atoms in total. The van der Waals surface area contributed by atoms with Crippen LogP contribution in [0.5, 0.6) is 0 Å². The molecule has 0 aliphatic heterocycles. The molecule has 21 heavy (non-hydrogen) atoms. The van der Waals surface area contributed by atoms with Crippen LogP contribution in [-0.4, -0.2) is 15.8 Å². The Morgan fingerprint density at radius 3 is 2.62 bits per heavy atom. The molecule has 0 spiro atoms. The highest BCUT2D eigenvalue weighted by Gasteiger charge is 2.21. The number of carbonyl (C=O) groups is 1. The summed E-state index contributed by atoms with van der Waals surface area (Å²) in [6, 6.07) is 5.16. The van der Waals surface area contributed by atoms with Gasteiger partial charge < -0.3 is 5.32 Å². The second-order valence-electron chi connectivity index (χ2n) is 3.85. The number of nitrogens with zero attached hydrogens (tertiary/aromatic N) is 2. The van der Waals surface area contributed by atoms with Crippen molar-refractivity contribution in [3.63, 3.8) is 0 Å². The van der Waals surface area contributed by atoms with Crippen molar-refractivity contribution in [2.75, 3.05) is 5.32 Å². The monoisotopic (exact) mass is 313 g/mol. The molecule has 0 saturated heterocycles. The average Bonchev–Trinajstić information content (AvgIpc) is 2.41. The minimum Gasteiger partial charge on any atom is -0.318 e. The van der Waals surface area contributed by atoms with E-state index in [1.54, 1.807) is 0 Å². The zero-order valence-electron chi connectivity index (χ0n) is 10.1. The van der Waals surface area contributed by atoms with Gasteiger partial charge in [0.1, 0.15) is 5.56 Å². The number of pyridine rings is 1. The highest BCUT2D eigenvalue weighted by atomic mass is 35.5. The van der Waals surface area contributed by atoms with Crippen LogP contribution >= 0.6 is 11.6 Å². The molecule has 2 rings (SSSR count). The van der Waals surface area contributed by atoms with Crippen molar-refractivity contribution in [1.29, 1.82) is 0 Å². The van der Waals surface area contributed by atoms with Gasteiger partial charge in [-0.3, -0.25) is 14.9 Å². The van der Waals surface area contributed by atoms with E-state index in [2.05, 4.69) is 10.3 Å². The molecule has 108 valence electrons. The third kappa shape index (κ3) is 3.29. The summed E-state index contributed by atoms with van der Waals surface area (Å²) in [6.45, 7) is 0. The number of nitrogens with one attached hydrogen (secondary N) is 1. The zero-order valence-corrected chi connectivity index (χ0v) is 10.9. The number of rotatable bonds is 3. The lowest BCUT2D eigenvalue weighted by Crippen LogP contribution is -2.15. The molecule has 0 fully saturated rings. The van der Waals surface area contributed by atoms with Crippen LogP contribution in [0.1, 0.15) is 10.4 Å². The Bertz CT molecular complexity index is 740. The van der Waals surface area contributed by atoms with Crippen molar-refractivity contribution in [3.8, 4) is 0 Å². The Morgan fingerprint density at radius 1 is 1.29 bits per heavy atom. The Hall–Kier alpha value is -2.61. The summed E-state index contributed by atoms with van der Waals surface area (Å²) < 4.78 is 26.0. The van der Waals surface area contributed by atoms with E-state index >= 15 is 0 Å². The van der Waals surface area contributed by atoms with Crippen molar-refractivity contribution >= 4 is 28.9 Å². The predicted molar refractivity (Wildman–Crippen MR) is 70.2 cm³/mol. The van der Waals surface area contributed by atoms with E-state index < -0.39 is 34.1 Å². The van der Waals surface area contributed by atoms with Gasteiger partial charge in [-0.2, -0.15) is 13.8 Å². The van der Waals surface area contributed by atoms with Crippen molar-refractivity contribution in [2.45, 2.75) is 0 Å². The number of anilines is 1. The van der Waals surface area contributed by atoms with Gasteiger partial charge in [0.2, 0.25) is 11.9 Å². The second kappa shape index (κ2) is 5.80.